The molecular weight excluding hydrogens is 422 g/mol. The van der Waals surface area contributed by atoms with Crippen LogP contribution < -0.4 is 10.0 Å². The van der Waals surface area contributed by atoms with E-state index in [0.717, 1.165) is 35.1 Å². The molecule has 0 spiro atoms. The minimum Gasteiger partial charge on any atom is -0.373 e. The Morgan fingerprint density at radius 1 is 1.06 bits per heavy atom. The van der Waals surface area contributed by atoms with Crippen molar-refractivity contribution in [2.24, 2.45) is 0 Å². The summed E-state index contributed by atoms with van der Waals surface area (Å²) in [7, 11) is -1.93. The molecule has 1 saturated carbocycles. The first-order valence-electron chi connectivity index (χ1n) is 10.7. The summed E-state index contributed by atoms with van der Waals surface area (Å²) in [5, 5.41) is 4.16. The number of hydrogen-bond acceptors (Lipinski definition) is 5. The minimum atomic E-state index is -3.74. The van der Waals surface area contributed by atoms with E-state index < -0.39 is 16.1 Å². The molecule has 2 aromatic carbocycles. The van der Waals surface area contributed by atoms with Crippen molar-refractivity contribution in [3.05, 3.63) is 83.9 Å². The van der Waals surface area contributed by atoms with Crippen LogP contribution in [0.25, 0.3) is 10.9 Å². The van der Waals surface area contributed by atoms with Gasteiger partial charge in [0.25, 0.3) is 0 Å². The molecule has 7 nitrogen and oxygen atoms in total. The summed E-state index contributed by atoms with van der Waals surface area (Å²) in [4.78, 5) is 12.9. The van der Waals surface area contributed by atoms with Gasteiger partial charge in [0.05, 0.1) is 16.6 Å². The Balaban J connectivity index is 1.56. The van der Waals surface area contributed by atoms with E-state index in [4.69, 9.17) is 4.98 Å². The second kappa shape index (κ2) is 8.37. The summed E-state index contributed by atoms with van der Waals surface area (Å²) in [6.07, 6.45) is 4.53. The number of fused-ring (bicyclic) bond motifs is 1. The van der Waals surface area contributed by atoms with Crippen molar-refractivity contribution in [1.82, 2.24) is 19.7 Å². The number of sulfonamides is 1. The van der Waals surface area contributed by atoms with E-state index in [1.165, 1.54) is 0 Å². The first-order chi connectivity index (χ1) is 15.5. The molecule has 5 rings (SSSR count). The summed E-state index contributed by atoms with van der Waals surface area (Å²) in [5.41, 5.74) is 2.71. The third-order valence-corrected chi connectivity index (χ3v) is 7.26. The Morgan fingerprint density at radius 3 is 2.56 bits per heavy atom. The third-order valence-electron chi connectivity index (χ3n) is 5.77. The summed E-state index contributed by atoms with van der Waals surface area (Å²) in [6.45, 7) is 0. The Bertz CT molecular complexity index is 1350. The summed E-state index contributed by atoms with van der Waals surface area (Å²) in [6, 6.07) is 17.7. The molecule has 1 aliphatic carbocycles. The van der Waals surface area contributed by atoms with E-state index in [1.54, 1.807) is 30.3 Å². The smallest absolute Gasteiger partial charge is 0.241 e. The lowest BCUT2D eigenvalue weighted by atomic mass is 10.0. The first kappa shape index (κ1) is 20.7. The maximum Gasteiger partial charge on any atom is 0.241 e. The SMILES string of the molecule is CNc1cc(C(Cc2c[nH]c3ccccc23)NS(=O)(=O)c2ccccc2)nc(C2CC2)n1. The monoisotopic (exact) mass is 447 g/mol. The van der Waals surface area contributed by atoms with Gasteiger partial charge in [0, 0.05) is 36.1 Å². The van der Waals surface area contributed by atoms with Crippen LogP contribution in [0, 0.1) is 0 Å². The maximum absolute atomic E-state index is 13.2. The van der Waals surface area contributed by atoms with Crippen LogP contribution in [0.5, 0.6) is 0 Å². The Kier molecular flexibility index (Phi) is 5.40. The fraction of sp³-hybridized carbons (Fsp3) is 0.250. The number of nitrogens with zero attached hydrogens (tertiary/aromatic N) is 2. The molecule has 1 atom stereocenters. The van der Waals surface area contributed by atoms with Gasteiger partial charge >= 0.3 is 0 Å². The van der Waals surface area contributed by atoms with Crippen molar-refractivity contribution >= 4 is 26.7 Å². The summed E-state index contributed by atoms with van der Waals surface area (Å²) in [5.74, 6) is 1.82. The number of anilines is 1. The number of nitrogens with one attached hydrogen (secondary N) is 3. The number of para-hydroxylation sites is 1. The number of hydrogen-bond donors (Lipinski definition) is 3. The van der Waals surface area contributed by atoms with E-state index in [0.29, 0.717) is 23.9 Å². The van der Waals surface area contributed by atoms with Gasteiger partial charge in [-0.1, -0.05) is 36.4 Å². The van der Waals surface area contributed by atoms with Crippen molar-refractivity contribution in [3.8, 4) is 0 Å². The average Bonchev–Trinajstić information content (AvgIpc) is 3.60. The van der Waals surface area contributed by atoms with Gasteiger partial charge in [-0.05, 0) is 43.0 Å². The largest absolute Gasteiger partial charge is 0.373 e. The second-order valence-electron chi connectivity index (χ2n) is 8.11. The standard InChI is InChI=1S/C24H25N5O2S/c1-25-23-14-21(27-24(28-23)16-11-12-16)22(29-32(30,31)18-7-3-2-4-8-18)13-17-15-26-20-10-6-5-9-19(17)20/h2-10,14-16,22,26,29H,11-13H2,1H3,(H,25,27,28). The fourth-order valence-electron chi connectivity index (χ4n) is 3.90. The second-order valence-corrected chi connectivity index (χ2v) is 9.83. The summed E-state index contributed by atoms with van der Waals surface area (Å²) >= 11 is 0. The molecule has 2 aromatic heterocycles. The van der Waals surface area contributed by atoms with Crippen molar-refractivity contribution in [2.75, 3.05) is 12.4 Å². The highest BCUT2D eigenvalue weighted by atomic mass is 32.2. The third kappa shape index (κ3) is 4.24. The number of aromatic amines is 1. The lowest BCUT2D eigenvalue weighted by Gasteiger charge is -2.20. The predicted octanol–water partition coefficient (Wildman–Crippen LogP) is 4.14. The van der Waals surface area contributed by atoms with Crippen LogP contribution in [0.1, 0.15) is 41.9 Å². The molecule has 1 fully saturated rings. The number of H-pyrrole nitrogens is 1. The van der Waals surface area contributed by atoms with Crippen LogP contribution in [-0.4, -0.2) is 30.4 Å². The summed E-state index contributed by atoms with van der Waals surface area (Å²) < 4.78 is 29.3. The lowest BCUT2D eigenvalue weighted by molar-refractivity contribution is 0.549. The predicted molar refractivity (Wildman–Crippen MR) is 125 cm³/mol. The van der Waals surface area contributed by atoms with Crippen LogP contribution in [0.15, 0.2) is 71.8 Å². The van der Waals surface area contributed by atoms with Gasteiger partial charge in [-0.15, -0.1) is 0 Å². The highest BCUT2D eigenvalue weighted by Gasteiger charge is 2.30. The Morgan fingerprint density at radius 2 is 1.81 bits per heavy atom. The molecule has 4 aromatic rings. The number of rotatable bonds is 8. The van der Waals surface area contributed by atoms with Gasteiger partial charge in [0.1, 0.15) is 11.6 Å². The highest BCUT2D eigenvalue weighted by Crippen LogP contribution is 2.39. The van der Waals surface area contributed by atoms with Crippen LogP contribution >= 0.6 is 0 Å². The zero-order chi connectivity index (χ0) is 22.1. The quantitative estimate of drug-likeness (QED) is 0.377. The van der Waals surface area contributed by atoms with Gasteiger partial charge in [0.2, 0.25) is 10.0 Å². The van der Waals surface area contributed by atoms with Crippen LogP contribution in [0.4, 0.5) is 5.82 Å². The van der Waals surface area contributed by atoms with E-state index in [9.17, 15) is 8.42 Å². The van der Waals surface area contributed by atoms with Gasteiger partial charge in [-0.3, -0.25) is 0 Å². The minimum absolute atomic E-state index is 0.231. The fourth-order valence-corrected chi connectivity index (χ4v) is 5.13. The Hall–Kier alpha value is -3.23. The molecule has 0 bridgehead atoms. The van der Waals surface area contributed by atoms with Gasteiger partial charge in [0.15, 0.2) is 0 Å². The molecule has 0 radical (unpaired) electrons. The van der Waals surface area contributed by atoms with Crippen LogP contribution in [0.3, 0.4) is 0 Å². The molecule has 1 aliphatic rings. The van der Waals surface area contributed by atoms with Crippen LogP contribution in [-0.2, 0) is 16.4 Å². The molecule has 0 saturated heterocycles. The van der Waals surface area contributed by atoms with Crippen molar-refractivity contribution in [3.63, 3.8) is 0 Å². The van der Waals surface area contributed by atoms with Gasteiger partial charge in [-0.2, -0.15) is 0 Å². The van der Waals surface area contributed by atoms with Gasteiger partial charge < -0.3 is 10.3 Å². The Labute approximate surface area is 187 Å². The molecule has 2 heterocycles. The molecule has 32 heavy (non-hydrogen) atoms. The van der Waals surface area contributed by atoms with E-state index in [2.05, 4.69) is 20.0 Å². The molecule has 0 aliphatic heterocycles. The zero-order valence-corrected chi connectivity index (χ0v) is 18.6. The molecule has 164 valence electrons. The molecule has 0 amide bonds. The zero-order valence-electron chi connectivity index (χ0n) is 17.7. The van der Waals surface area contributed by atoms with E-state index >= 15 is 0 Å². The van der Waals surface area contributed by atoms with Crippen molar-refractivity contribution in [2.45, 2.75) is 36.1 Å². The van der Waals surface area contributed by atoms with Crippen molar-refractivity contribution in [1.29, 1.82) is 0 Å². The average molecular weight is 448 g/mol. The molecule has 3 N–H and O–H groups in total. The van der Waals surface area contributed by atoms with Crippen molar-refractivity contribution < 1.29 is 8.42 Å². The van der Waals surface area contributed by atoms with Gasteiger partial charge in [-0.25, -0.2) is 23.1 Å². The highest BCUT2D eigenvalue weighted by molar-refractivity contribution is 7.89. The topological polar surface area (TPSA) is 99.8 Å². The first-order valence-corrected chi connectivity index (χ1v) is 12.2. The van der Waals surface area contributed by atoms with Crippen LogP contribution in [0.2, 0.25) is 0 Å². The lowest BCUT2D eigenvalue weighted by Crippen LogP contribution is -2.31. The molecule has 1 unspecified atom stereocenters. The van der Waals surface area contributed by atoms with E-state index in [-0.39, 0.29) is 4.90 Å². The normalized spacial score (nSPS) is 15.0. The number of aromatic nitrogens is 3. The molecule has 8 heteroatoms. The molecular formula is C24H25N5O2S. The number of benzene rings is 2. The van der Waals surface area contributed by atoms with E-state index in [1.807, 2.05) is 43.6 Å². The maximum atomic E-state index is 13.2.